The molecule has 10 nitrogen and oxygen atoms in total. The molecule has 2 aromatic rings. The van der Waals surface area contributed by atoms with E-state index in [0.29, 0.717) is 43.5 Å². The lowest BCUT2D eigenvalue weighted by atomic mass is 9.87. The number of fused-ring (bicyclic) bond motifs is 1. The summed E-state index contributed by atoms with van der Waals surface area (Å²) in [5.74, 6) is 1.82. The largest absolute Gasteiger partial charge is 0.493 e. The number of amides is 3. The van der Waals surface area contributed by atoms with E-state index in [4.69, 9.17) is 14.6 Å². The molecular formula is C27H37N5O5S. The van der Waals surface area contributed by atoms with Crippen molar-refractivity contribution in [3.63, 3.8) is 0 Å². The smallest absolute Gasteiger partial charge is 0.242 e. The van der Waals surface area contributed by atoms with Crippen LogP contribution in [0.15, 0.2) is 18.2 Å². The van der Waals surface area contributed by atoms with Gasteiger partial charge in [0, 0.05) is 51.1 Å². The zero-order valence-electron chi connectivity index (χ0n) is 23.2. The Morgan fingerprint density at radius 2 is 1.68 bits per heavy atom. The Labute approximate surface area is 228 Å². The molecule has 1 atom stereocenters. The number of aryl methyl sites for hydroxylation is 1. The van der Waals surface area contributed by atoms with Crippen LogP contribution < -0.4 is 14.4 Å². The minimum absolute atomic E-state index is 0.00672. The number of thioether (sulfide) groups is 1. The van der Waals surface area contributed by atoms with Crippen molar-refractivity contribution in [2.45, 2.75) is 38.4 Å². The van der Waals surface area contributed by atoms with Crippen LogP contribution in [0, 0.1) is 0 Å². The fourth-order valence-corrected chi connectivity index (χ4v) is 6.22. The summed E-state index contributed by atoms with van der Waals surface area (Å²) in [7, 11) is 5.03. The summed E-state index contributed by atoms with van der Waals surface area (Å²) >= 11 is 1.52. The highest BCUT2D eigenvalue weighted by Crippen LogP contribution is 2.48. The first-order chi connectivity index (χ1) is 18.0. The number of carbonyl (C=O) groups excluding carboxylic acids is 3. The lowest BCUT2D eigenvalue weighted by Gasteiger charge is -2.35. The van der Waals surface area contributed by atoms with Gasteiger partial charge in [0.1, 0.15) is 12.4 Å². The average Bonchev–Trinajstić information content (AvgIpc) is 3.16. The molecule has 0 N–H and O–H groups in total. The molecule has 4 rings (SSSR count). The van der Waals surface area contributed by atoms with Gasteiger partial charge in [0.25, 0.3) is 0 Å². The second-order valence-corrected chi connectivity index (χ2v) is 11.7. The average molecular weight is 544 g/mol. The number of methoxy groups -OCH3 is 2. The quantitative estimate of drug-likeness (QED) is 0.572. The van der Waals surface area contributed by atoms with Gasteiger partial charge in [-0.15, -0.1) is 11.8 Å². The van der Waals surface area contributed by atoms with Crippen molar-refractivity contribution in [1.29, 1.82) is 0 Å². The molecule has 2 aliphatic rings. The van der Waals surface area contributed by atoms with E-state index in [0.717, 1.165) is 16.8 Å². The molecule has 11 heteroatoms. The van der Waals surface area contributed by atoms with Crippen LogP contribution in [0.1, 0.15) is 49.8 Å². The van der Waals surface area contributed by atoms with Gasteiger partial charge in [-0.3, -0.25) is 24.0 Å². The van der Waals surface area contributed by atoms with E-state index < -0.39 is 0 Å². The monoisotopic (exact) mass is 543 g/mol. The first-order valence-corrected chi connectivity index (χ1v) is 13.8. The lowest BCUT2D eigenvalue weighted by Crippen LogP contribution is -2.53. The van der Waals surface area contributed by atoms with Crippen LogP contribution in [0.2, 0.25) is 0 Å². The van der Waals surface area contributed by atoms with E-state index in [-0.39, 0.29) is 40.7 Å². The summed E-state index contributed by atoms with van der Waals surface area (Å²) in [4.78, 5) is 43.7. The van der Waals surface area contributed by atoms with Crippen LogP contribution in [0.3, 0.4) is 0 Å². The number of hydrogen-bond donors (Lipinski definition) is 0. The molecule has 0 saturated carbocycles. The summed E-state index contributed by atoms with van der Waals surface area (Å²) in [6, 6.07) is 5.80. The van der Waals surface area contributed by atoms with Gasteiger partial charge >= 0.3 is 0 Å². The lowest BCUT2D eigenvalue weighted by molar-refractivity contribution is -0.137. The zero-order valence-corrected chi connectivity index (χ0v) is 24.1. The summed E-state index contributed by atoms with van der Waals surface area (Å²) < 4.78 is 12.7. The Bertz CT molecular complexity index is 1230. The van der Waals surface area contributed by atoms with Gasteiger partial charge in [-0.2, -0.15) is 5.10 Å². The predicted octanol–water partition coefficient (Wildman–Crippen LogP) is 2.59. The van der Waals surface area contributed by atoms with Crippen molar-refractivity contribution in [1.82, 2.24) is 19.6 Å². The zero-order chi connectivity index (χ0) is 27.8. The van der Waals surface area contributed by atoms with Crippen molar-refractivity contribution < 1.29 is 23.9 Å². The van der Waals surface area contributed by atoms with E-state index in [1.807, 2.05) is 25.2 Å². The highest BCUT2D eigenvalue weighted by molar-refractivity contribution is 8.00. The standard InChI is InChI=1S/C27H37N5O5S/c1-17(33)30-10-12-31(13-11-30)21(34)15-32-22(35)16-38-24(18-8-9-19(36-6)20(14-18)37-7)23-25(27(2,3)4)28-29(5)26(23)32/h8-9,14,24H,10-13,15-16H2,1-7H3. The summed E-state index contributed by atoms with van der Waals surface area (Å²) in [5, 5.41) is 4.68. The minimum Gasteiger partial charge on any atom is -0.493 e. The second-order valence-electron chi connectivity index (χ2n) is 10.6. The molecule has 38 heavy (non-hydrogen) atoms. The van der Waals surface area contributed by atoms with Gasteiger partial charge in [0.2, 0.25) is 17.7 Å². The Morgan fingerprint density at radius 1 is 1.05 bits per heavy atom. The van der Waals surface area contributed by atoms with Crippen molar-refractivity contribution in [3.8, 4) is 11.5 Å². The number of hydrogen-bond acceptors (Lipinski definition) is 7. The van der Waals surface area contributed by atoms with Crippen molar-refractivity contribution in [3.05, 3.63) is 35.0 Å². The topological polar surface area (TPSA) is 97.2 Å². The number of rotatable bonds is 5. The second kappa shape index (κ2) is 10.9. The van der Waals surface area contributed by atoms with Crippen molar-refractivity contribution in [2.75, 3.05) is 57.6 Å². The third kappa shape index (κ3) is 5.34. The third-order valence-corrected chi connectivity index (χ3v) is 8.29. The number of carbonyl (C=O) groups is 3. The number of anilines is 1. The van der Waals surface area contributed by atoms with Crippen molar-refractivity contribution in [2.24, 2.45) is 7.05 Å². The number of nitrogens with zero attached hydrogens (tertiary/aromatic N) is 5. The number of ether oxygens (including phenoxy) is 2. The number of benzene rings is 1. The maximum atomic E-state index is 13.5. The molecule has 1 aromatic heterocycles. The highest BCUT2D eigenvalue weighted by Gasteiger charge is 2.39. The van der Waals surface area contributed by atoms with Gasteiger partial charge in [-0.25, -0.2) is 0 Å². The Hall–Kier alpha value is -3.21. The van der Waals surface area contributed by atoms with E-state index >= 15 is 0 Å². The molecule has 0 radical (unpaired) electrons. The Morgan fingerprint density at radius 3 is 2.26 bits per heavy atom. The number of piperazine rings is 1. The maximum Gasteiger partial charge on any atom is 0.242 e. The molecular weight excluding hydrogens is 506 g/mol. The minimum atomic E-state index is -0.299. The summed E-state index contributed by atoms with van der Waals surface area (Å²) in [5.41, 5.74) is 2.47. The maximum absolute atomic E-state index is 13.5. The molecule has 0 aliphatic carbocycles. The molecule has 3 heterocycles. The first-order valence-electron chi connectivity index (χ1n) is 12.7. The fourth-order valence-electron chi connectivity index (χ4n) is 5.03. The van der Waals surface area contributed by atoms with Crippen LogP contribution in [0.5, 0.6) is 11.5 Å². The third-order valence-electron chi connectivity index (χ3n) is 7.04. The summed E-state index contributed by atoms with van der Waals surface area (Å²) in [6.07, 6.45) is 0. The molecule has 1 unspecified atom stereocenters. The van der Waals surface area contributed by atoms with Crippen LogP contribution in [0.25, 0.3) is 0 Å². The van der Waals surface area contributed by atoms with E-state index in [9.17, 15) is 14.4 Å². The summed E-state index contributed by atoms with van der Waals surface area (Å²) in [6.45, 7) is 9.66. The molecule has 0 bridgehead atoms. The highest BCUT2D eigenvalue weighted by atomic mass is 32.2. The van der Waals surface area contributed by atoms with Crippen LogP contribution >= 0.6 is 11.8 Å². The van der Waals surface area contributed by atoms with Gasteiger partial charge in [0.15, 0.2) is 11.5 Å². The van der Waals surface area contributed by atoms with E-state index in [1.165, 1.54) is 18.7 Å². The van der Waals surface area contributed by atoms with Crippen LogP contribution in [0.4, 0.5) is 5.82 Å². The van der Waals surface area contributed by atoms with Crippen LogP contribution in [-0.2, 0) is 26.8 Å². The van der Waals surface area contributed by atoms with Crippen molar-refractivity contribution >= 4 is 35.3 Å². The predicted molar refractivity (Wildman–Crippen MR) is 147 cm³/mol. The molecule has 206 valence electrons. The molecule has 1 aromatic carbocycles. The molecule has 1 saturated heterocycles. The SMILES string of the molecule is COc1ccc(C2SCC(=O)N(CC(=O)N3CCN(C(C)=O)CC3)c3c2c(C(C)(C)C)nn3C)cc1OC. The van der Waals surface area contributed by atoms with Gasteiger partial charge < -0.3 is 19.3 Å². The molecule has 0 spiro atoms. The van der Waals surface area contributed by atoms with Gasteiger partial charge in [-0.05, 0) is 17.7 Å². The number of aromatic nitrogens is 2. The van der Waals surface area contributed by atoms with E-state index in [2.05, 4.69) is 20.8 Å². The van der Waals surface area contributed by atoms with E-state index in [1.54, 1.807) is 33.6 Å². The Balaban J connectivity index is 1.74. The molecule has 1 fully saturated rings. The normalized spacial score (nSPS) is 18.2. The van der Waals surface area contributed by atoms with Gasteiger partial charge in [0.05, 0.1) is 30.9 Å². The first kappa shape index (κ1) is 27.8. The Kier molecular flexibility index (Phi) is 7.96. The molecule has 3 amide bonds. The molecule has 2 aliphatic heterocycles. The van der Waals surface area contributed by atoms with Gasteiger partial charge in [-0.1, -0.05) is 26.8 Å². The fraction of sp³-hybridized carbons (Fsp3) is 0.556. The van der Waals surface area contributed by atoms with Crippen LogP contribution in [-0.4, -0.2) is 90.0 Å².